The first-order chi connectivity index (χ1) is 11.1. The molecule has 122 valence electrons. The molecule has 5 nitrogen and oxygen atoms in total. The van der Waals surface area contributed by atoms with Crippen LogP contribution in [-0.4, -0.2) is 27.0 Å². The first-order valence-electron chi connectivity index (χ1n) is 7.32. The summed E-state index contributed by atoms with van der Waals surface area (Å²) in [6.07, 6.45) is 7.99. The third-order valence-electron chi connectivity index (χ3n) is 3.68. The fourth-order valence-electron chi connectivity index (χ4n) is 2.15. The van der Waals surface area contributed by atoms with E-state index in [4.69, 9.17) is 16.3 Å². The summed E-state index contributed by atoms with van der Waals surface area (Å²) in [5.74, 6) is 1.87. The van der Waals surface area contributed by atoms with E-state index in [0.717, 1.165) is 20.3 Å². The van der Waals surface area contributed by atoms with Crippen molar-refractivity contribution in [3.63, 3.8) is 0 Å². The van der Waals surface area contributed by atoms with Gasteiger partial charge in [-0.2, -0.15) is 0 Å². The van der Waals surface area contributed by atoms with Crippen molar-refractivity contribution in [3.8, 4) is 5.88 Å². The van der Waals surface area contributed by atoms with Gasteiger partial charge in [-0.3, -0.25) is 0 Å². The van der Waals surface area contributed by atoms with Gasteiger partial charge in [0.1, 0.15) is 22.3 Å². The van der Waals surface area contributed by atoms with Crippen LogP contribution in [0.25, 0.3) is 0 Å². The number of ether oxygens (including phenoxy) is 1. The Morgan fingerprint density at radius 2 is 1.43 bits per heavy atom. The summed E-state index contributed by atoms with van der Waals surface area (Å²) in [4.78, 5) is 16.2. The largest absolute Gasteiger partial charge is 0.480 e. The number of rotatable bonds is 3. The number of nitrogens with zero attached hydrogens (tertiary/aromatic N) is 4. The van der Waals surface area contributed by atoms with Crippen LogP contribution >= 0.6 is 43.5 Å². The Morgan fingerprint density at radius 3 is 1.96 bits per heavy atom. The van der Waals surface area contributed by atoms with E-state index in [0.29, 0.717) is 22.9 Å². The lowest BCUT2D eigenvalue weighted by molar-refractivity contribution is 0.392. The summed E-state index contributed by atoms with van der Waals surface area (Å²) in [5.41, 5.74) is 2.15. The van der Waals surface area contributed by atoms with Crippen molar-refractivity contribution in [2.75, 3.05) is 7.11 Å². The molecule has 0 bridgehead atoms. The summed E-state index contributed by atoms with van der Waals surface area (Å²) >= 11 is 12.6. The standard InChI is InChI=1S/C8H9BrN2O.C7H6BrClN2/c1-12-8-6(9)7(5-2-3-5)10-4-11-8;8-5-6(4-1-2-4)10-3-11-7(5)9/h4-5H,2-3H2,1H3;3-4H,1-2H2. The van der Waals surface area contributed by atoms with Crippen LogP contribution in [0.2, 0.25) is 5.15 Å². The van der Waals surface area contributed by atoms with Crippen molar-refractivity contribution < 1.29 is 4.74 Å². The predicted octanol–water partition coefficient (Wildman–Crippen LogP) is 4.90. The van der Waals surface area contributed by atoms with Gasteiger partial charge in [-0.05, 0) is 57.5 Å². The molecule has 0 unspecified atom stereocenters. The Balaban J connectivity index is 0.000000136. The minimum Gasteiger partial charge on any atom is -0.480 e. The fourth-order valence-corrected chi connectivity index (χ4v) is 3.51. The van der Waals surface area contributed by atoms with Crippen LogP contribution in [0.4, 0.5) is 0 Å². The number of halogens is 3. The molecule has 2 aliphatic carbocycles. The second-order valence-electron chi connectivity index (χ2n) is 5.49. The van der Waals surface area contributed by atoms with E-state index in [1.165, 1.54) is 32.0 Å². The van der Waals surface area contributed by atoms with E-state index < -0.39 is 0 Å². The molecule has 0 aromatic carbocycles. The molecule has 0 amide bonds. The van der Waals surface area contributed by atoms with Crippen LogP contribution in [0, 0.1) is 0 Å². The number of hydrogen-bond acceptors (Lipinski definition) is 5. The van der Waals surface area contributed by atoms with Gasteiger partial charge >= 0.3 is 0 Å². The molecular weight excluding hydrogens is 447 g/mol. The van der Waals surface area contributed by atoms with Gasteiger partial charge in [0, 0.05) is 11.8 Å². The number of methoxy groups -OCH3 is 1. The summed E-state index contributed by atoms with van der Waals surface area (Å²) in [6.45, 7) is 0. The lowest BCUT2D eigenvalue weighted by Gasteiger charge is -2.04. The Labute approximate surface area is 156 Å². The van der Waals surface area contributed by atoms with Crippen LogP contribution in [0.1, 0.15) is 48.9 Å². The second-order valence-corrected chi connectivity index (χ2v) is 7.44. The first kappa shape index (κ1) is 17.0. The zero-order chi connectivity index (χ0) is 16.4. The third-order valence-corrected chi connectivity index (χ3v) is 5.72. The predicted molar refractivity (Wildman–Crippen MR) is 95.0 cm³/mol. The molecule has 0 radical (unpaired) electrons. The van der Waals surface area contributed by atoms with E-state index >= 15 is 0 Å². The van der Waals surface area contributed by atoms with Gasteiger partial charge in [0.15, 0.2) is 0 Å². The Morgan fingerprint density at radius 1 is 0.913 bits per heavy atom. The van der Waals surface area contributed by atoms with E-state index in [2.05, 4.69) is 51.8 Å². The molecule has 0 spiro atoms. The highest BCUT2D eigenvalue weighted by Gasteiger charge is 2.29. The van der Waals surface area contributed by atoms with Gasteiger partial charge in [0.05, 0.1) is 23.0 Å². The van der Waals surface area contributed by atoms with Crippen LogP contribution in [0.15, 0.2) is 21.6 Å². The molecule has 4 rings (SSSR count). The monoisotopic (exact) mass is 460 g/mol. The average molecular weight is 463 g/mol. The maximum Gasteiger partial charge on any atom is 0.231 e. The zero-order valence-corrected chi connectivity index (χ0v) is 16.4. The molecule has 0 N–H and O–H groups in total. The lowest BCUT2D eigenvalue weighted by Crippen LogP contribution is -1.95. The van der Waals surface area contributed by atoms with Crippen LogP contribution in [0.3, 0.4) is 0 Å². The maximum atomic E-state index is 5.79. The molecule has 2 heterocycles. The zero-order valence-electron chi connectivity index (χ0n) is 12.5. The van der Waals surface area contributed by atoms with Crippen LogP contribution < -0.4 is 4.74 Å². The molecule has 2 aromatic rings. The normalized spacial score (nSPS) is 16.5. The molecule has 2 aromatic heterocycles. The number of hydrogen-bond donors (Lipinski definition) is 0. The van der Waals surface area contributed by atoms with Crippen LogP contribution in [0.5, 0.6) is 5.88 Å². The molecule has 2 fully saturated rings. The molecule has 0 aliphatic heterocycles. The van der Waals surface area contributed by atoms with Crippen molar-refractivity contribution >= 4 is 43.5 Å². The Hall–Kier alpha value is -0.790. The van der Waals surface area contributed by atoms with Gasteiger partial charge in [-0.15, -0.1) is 0 Å². The average Bonchev–Trinajstić information content (AvgIpc) is 3.43. The Kier molecular flexibility index (Phi) is 5.49. The summed E-state index contributed by atoms with van der Waals surface area (Å²) in [6, 6.07) is 0. The highest BCUT2D eigenvalue weighted by molar-refractivity contribution is 9.11. The highest BCUT2D eigenvalue weighted by Crippen LogP contribution is 2.44. The topological polar surface area (TPSA) is 60.8 Å². The second kappa shape index (κ2) is 7.40. The van der Waals surface area contributed by atoms with E-state index in [1.807, 2.05) is 0 Å². The van der Waals surface area contributed by atoms with E-state index in [-0.39, 0.29) is 0 Å². The molecule has 0 atom stereocenters. The van der Waals surface area contributed by atoms with Crippen molar-refractivity contribution in [1.82, 2.24) is 19.9 Å². The minimum atomic E-state index is 0.516. The van der Waals surface area contributed by atoms with Crippen molar-refractivity contribution in [2.45, 2.75) is 37.5 Å². The quantitative estimate of drug-likeness (QED) is 0.608. The molecule has 2 saturated carbocycles. The molecule has 8 heteroatoms. The van der Waals surface area contributed by atoms with Gasteiger partial charge in [0.2, 0.25) is 5.88 Å². The smallest absolute Gasteiger partial charge is 0.231 e. The molecular formula is C15H15Br2ClN4O. The van der Waals surface area contributed by atoms with Gasteiger partial charge in [0.25, 0.3) is 0 Å². The maximum absolute atomic E-state index is 5.79. The van der Waals surface area contributed by atoms with E-state index in [1.54, 1.807) is 13.4 Å². The summed E-state index contributed by atoms with van der Waals surface area (Å²) in [7, 11) is 1.61. The summed E-state index contributed by atoms with van der Waals surface area (Å²) < 4.78 is 6.84. The Bertz CT molecular complexity index is 708. The molecule has 2 aliphatic rings. The first-order valence-corrected chi connectivity index (χ1v) is 9.28. The van der Waals surface area contributed by atoms with E-state index in [9.17, 15) is 0 Å². The lowest BCUT2D eigenvalue weighted by atomic mass is 10.3. The van der Waals surface area contributed by atoms with Crippen molar-refractivity contribution in [3.05, 3.63) is 38.1 Å². The SMILES string of the molecule is COc1ncnc(C2CC2)c1Br.Clc1ncnc(C2CC2)c1Br. The van der Waals surface area contributed by atoms with Crippen molar-refractivity contribution in [2.24, 2.45) is 0 Å². The highest BCUT2D eigenvalue weighted by atomic mass is 79.9. The van der Waals surface area contributed by atoms with Crippen molar-refractivity contribution in [1.29, 1.82) is 0 Å². The number of aromatic nitrogens is 4. The van der Waals surface area contributed by atoms with Gasteiger partial charge < -0.3 is 4.74 Å². The third kappa shape index (κ3) is 4.19. The van der Waals surface area contributed by atoms with Crippen LogP contribution in [-0.2, 0) is 0 Å². The summed E-state index contributed by atoms with van der Waals surface area (Å²) in [5, 5.41) is 0.516. The fraction of sp³-hybridized carbons (Fsp3) is 0.467. The minimum absolute atomic E-state index is 0.516. The molecule has 23 heavy (non-hydrogen) atoms. The van der Waals surface area contributed by atoms with Gasteiger partial charge in [-0.25, -0.2) is 19.9 Å². The molecule has 0 saturated heterocycles. The van der Waals surface area contributed by atoms with Gasteiger partial charge in [-0.1, -0.05) is 11.6 Å².